The van der Waals surface area contributed by atoms with E-state index in [-0.39, 0.29) is 16.7 Å². The summed E-state index contributed by atoms with van der Waals surface area (Å²) in [5, 5.41) is 17.6. The van der Waals surface area contributed by atoms with Crippen molar-refractivity contribution in [3.8, 4) is 10.4 Å². The second-order valence-corrected chi connectivity index (χ2v) is 8.99. The Bertz CT molecular complexity index is 1190. The molecule has 0 saturated heterocycles. The van der Waals surface area contributed by atoms with Gasteiger partial charge in [0.2, 0.25) is 0 Å². The Balaban J connectivity index is 0.000000188. The first-order valence-corrected chi connectivity index (χ1v) is 11.3. The molecule has 162 valence electrons. The minimum Gasteiger partial charge on any atom is -0.478 e. The van der Waals surface area contributed by atoms with Crippen molar-refractivity contribution in [1.82, 2.24) is 4.98 Å². The summed E-state index contributed by atoms with van der Waals surface area (Å²) in [6, 6.07) is 21.8. The molecule has 0 unspecified atom stereocenters. The molecule has 0 spiro atoms. The molecule has 0 saturated carbocycles. The first-order valence-electron chi connectivity index (χ1n) is 9.65. The van der Waals surface area contributed by atoms with E-state index in [1.807, 2.05) is 29.8 Å². The normalized spacial score (nSPS) is 10.2. The molecular weight excluding hydrogens is 490 g/mol. The number of pyridine rings is 1. The van der Waals surface area contributed by atoms with Crippen LogP contribution in [0.2, 0.25) is 0 Å². The Morgan fingerprint density at radius 2 is 1.59 bits per heavy atom. The van der Waals surface area contributed by atoms with Gasteiger partial charge in [-0.05, 0) is 48.4 Å². The standard InChI is InChI=1S/C16H13NS.C9H7BrO4/c1-2-5-13(6-3-1)11-15-8-9-16(18-15)14-7-4-10-17-12-14;1-4-6(8(11)12)2-5(10)3-7(4)9(13)14/h1-10,12H,11H2;2-3H,1H3,(H,11,12)(H,13,14). The number of halogens is 1. The van der Waals surface area contributed by atoms with Gasteiger partial charge >= 0.3 is 11.9 Å². The van der Waals surface area contributed by atoms with Gasteiger partial charge in [0.25, 0.3) is 0 Å². The van der Waals surface area contributed by atoms with Crippen molar-refractivity contribution in [2.75, 3.05) is 0 Å². The summed E-state index contributed by atoms with van der Waals surface area (Å²) in [4.78, 5) is 28.3. The minimum absolute atomic E-state index is 0.00299. The number of hydrogen-bond acceptors (Lipinski definition) is 4. The van der Waals surface area contributed by atoms with Crippen LogP contribution in [0.15, 0.2) is 83.6 Å². The smallest absolute Gasteiger partial charge is 0.336 e. The number of aromatic nitrogens is 1. The number of benzene rings is 2. The van der Waals surface area contributed by atoms with Crippen LogP contribution in [-0.2, 0) is 6.42 Å². The van der Waals surface area contributed by atoms with Crippen molar-refractivity contribution >= 4 is 39.2 Å². The minimum atomic E-state index is -1.13. The number of hydrogen-bond donors (Lipinski definition) is 2. The van der Waals surface area contributed by atoms with Gasteiger partial charge in [-0.2, -0.15) is 0 Å². The maximum atomic E-state index is 10.7. The molecule has 4 rings (SSSR count). The van der Waals surface area contributed by atoms with Crippen LogP contribution < -0.4 is 0 Å². The first kappa shape index (κ1) is 23.4. The van der Waals surface area contributed by atoms with E-state index in [0.29, 0.717) is 4.47 Å². The van der Waals surface area contributed by atoms with E-state index in [1.165, 1.54) is 39.9 Å². The molecule has 0 aliphatic carbocycles. The Hall–Kier alpha value is -3.29. The van der Waals surface area contributed by atoms with Gasteiger partial charge in [0.15, 0.2) is 0 Å². The number of nitrogens with zero attached hydrogens (tertiary/aromatic N) is 1. The zero-order valence-electron chi connectivity index (χ0n) is 17.2. The quantitative estimate of drug-likeness (QED) is 0.318. The molecule has 0 bridgehead atoms. The Kier molecular flexibility index (Phi) is 7.92. The van der Waals surface area contributed by atoms with Crippen LogP contribution in [0.5, 0.6) is 0 Å². The van der Waals surface area contributed by atoms with Crippen LogP contribution in [0.25, 0.3) is 10.4 Å². The summed E-state index contributed by atoms with van der Waals surface area (Å²) in [7, 11) is 0. The molecule has 4 aromatic rings. The molecule has 2 aromatic heterocycles. The van der Waals surface area contributed by atoms with Gasteiger partial charge < -0.3 is 10.2 Å². The zero-order valence-corrected chi connectivity index (χ0v) is 19.6. The van der Waals surface area contributed by atoms with Crippen molar-refractivity contribution in [3.05, 3.63) is 111 Å². The molecule has 0 aliphatic rings. The molecule has 2 N–H and O–H groups in total. The molecule has 2 aromatic carbocycles. The number of carboxylic acids is 2. The van der Waals surface area contributed by atoms with Crippen molar-refractivity contribution in [2.45, 2.75) is 13.3 Å². The highest BCUT2D eigenvalue weighted by molar-refractivity contribution is 9.10. The molecule has 2 heterocycles. The largest absolute Gasteiger partial charge is 0.478 e. The lowest BCUT2D eigenvalue weighted by atomic mass is 10.0. The monoisotopic (exact) mass is 509 g/mol. The van der Waals surface area contributed by atoms with E-state index < -0.39 is 11.9 Å². The predicted molar refractivity (Wildman–Crippen MR) is 130 cm³/mol. The van der Waals surface area contributed by atoms with Gasteiger partial charge in [0, 0.05) is 38.6 Å². The fraction of sp³-hybridized carbons (Fsp3) is 0.0800. The third kappa shape index (κ3) is 6.12. The second-order valence-electron chi connectivity index (χ2n) is 6.91. The number of carbonyl (C=O) groups is 2. The highest BCUT2D eigenvalue weighted by Gasteiger charge is 2.16. The van der Waals surface area contributed by atoms with Gasteiger partial charge in [-0.1, -0.05) is 52.3 Å². The fourth-order valence-corrected chi connectivity index (χ4v) is 4.55. The van der Waals surface area contributed by atoms with Crippen LogP contribution >= 0.6 is 27.3 Å². The molecule has 0 atom stereocenters. The highest BCUT2D eigenvalue weighted by atomic mass is 79.9. The number of rotatable bonds is 5. The van der Waals surface area contributed by atoms with Crippen LogP contribution in [-0.4, -0.2) is 27.1 Å². The van der Waals surface area contributed by atoms with Crippen molar-refractivity contribution in [2.24, 2.45) is 0 Å². The average molecular weight is 510 g/mol. The topological polar surface area (TPSA) is 87.5 Å². The third-order valence-corrected chi connectivity index (χ3v) is 6.25. The maximum Gasteiger partial charge on any atom is 0.336 e. The third-order valence-electron chi connectivity index (χ3n) is 4.66. The summed E-state index contributed by atoms with van der Waals surface area (Å²) in [6.07, 6.45) is 4.73. The van der Waals surface area contributed by atoms with E-state index in [9.17, 15) is 9.59 Å². The SMILES string of the molecule is Cc1c(C(=O)O)cc(Br)cc1C(=O)O.c1ccc(Cc2ccc(-c3cccnc3)s2)cc1. The predicted octanol–water partition coefficient (Wildman–Crippen LogP) is 6.55. The maximum absolute atomic E-state index is 10.7. The van der Waals surface area contributed by atoms with Crippen LogP contribution in [0, 0.1) is 6.92 Å². The van der Waals surface area contributed by atoms with E-state index in [4.69, 9.17) is 10.2 Å². The molecule has 0 radical (unpaired) electrons. The lowest BCUT2D eigenvalue weighted by molar-refractivity contribution is 0.0696. The Morgan fingerprint density at radius 3 is 2.16 bits per heavy atom. The summed E-state index contributed by atoms with van der Waals surface area (Å²) in [5.74, 6) is -2.27. The van der Waals surface area contributed by atoms with Gasteiger partial charge in [-0.25, -0.2) is 9.59 Å². The second kappa shape index (κ2) is 10.8. The summed E-state index contributed by atoms with van der Waals surface area (Å²) in [5.41, 5.74) is 2.81. The number of thiophene rings is 1. The van der Waals surface area contributed by atoms with E-state index >= 15 is 0 Å². The molecular formula is C25H20BrNO4S. The van der Waals surface area contributed by atoms with Crippen molar-refractivity contribution < 1.29 is 19.8 Å². The fourth-order valence-electron chi connectivity index (χ4n) is 3.06. The average Bonchev–Trinajstić information content (AvgIpc) is 3.25. The summed E-state index contributed by atoms with van der Waals surface area (Å²) in [6.45, 7) is 1.47. The molecule has 0 amide bonds. The van der Waals surface area contributed by atoms with Crippen LogP contribution in [0.1, 0.15) is 36.7 Å². The Morgan fingerprint density at radius 1 is 0.938 bits per heavy atom. The van der Waals surface area contributed by atoms with Crippen molar-refractivity contribution in [1.29, 1.82) is 0 Å². The van der Waals surface area contributed by atoms with Gasteiger partial charge in [-0.3, -0.25) is 4.98 Å². The summed E-state index contributed by atoms with van der Waals surface area (Å²) >= 11 is 4.90. The molecule has 0 fully saturated rings. The van der Waals surface area contributed by atoms with E-state index in [2.05, 4.69) is 69.4 Å². The molecule has 5 nitrogen and oxygen atoms in total. The van der Waals surface area contributed by atoms with Crippen LogP contribution in [0.3, 0.4) is 0 Å². The van der Waals surface area contributed by atoms with Gasteiger partial charge in [0.05, 0.1) is 11.1 Å². The van der Waals surface area contributed by atoms with Gasteiger partial charge in [0.1, 0.15) is 0 Å². The van der Waals surface area contributed by atoms with Crippen molar-refractivity contribution in [3.63, 3.8) is 0 Å². The van der Waals surface area contributed by atoms with Gasteiger partial charge in [-0.15, -0.1) is 11.3 Å². The molecule has 7 heteroatoms. The first-order chi connectivity index (χ1) is 15.3. The van der Waals surface area contributed by atoms with Crippen LogP contribution in [0.4, 0.5) is 0 Å². The number of carboxylic acid groups (broad SMARTS) is 2. The lowest BCUT2D eigenvalue weighted by Gasteiger charge is -2.05. The highest BCUT2D eigenvalue weighted by Crippen LogP contribution is 2.28. The van der Waals surface area contributed by atoms with E-state index in [1.54, 1.807) is 0 Å². The number of aromatic carboxylic acids is 2. The Labute approximate surface area is 198 Å². The van der Waals surface area contributed by atoms with E-state index in [0.717, 1.165) is 6.42 Å². The lowest BCUT2D eigenvalue weighted by Crippen LogP contribution is -2.07. The zero-order chi connectivity index (χ0) is 23.1. The molecule has 32 heavy (non-hydrogen) atoms. The molecule has 0 aliphatic heterocycles. The summed E-state index contributed by atoms with van der Waals surface area (Å²) < 4.78 is 0.443.